The van der Waals surface area contributed by atoms with Gasteiger partial charge in [-0.1, -0.05) is 48.5 Å². The summed E-state index contributed by atoms with van der Waals surface area (Å²) in [5.41, 5.74) is 4.42. The molecule has 2 atom stereocenters. The fourth-order valence-electron chi connectivity index (χ4n) is 2.61. The van der Waals surface area contributed by atoms with E-state index in [9.17, 15) is 19.2 Å². The number of urea groups is 1. The van der Waals surface area contributed by atoms with Crippen LogP contribution in [0.4, 0.5) is 4.79 Å². The van der Waals surface area contributed by atoms with Crippen LogP contribution in [0.15, 0.2) is 0 Å². The van der Waals surface area contributed by atoms with Crippen molar-refractivity contribution in [2.24, 2.45) is 11.7 Å². The fraction of sp³-hybridized carbons (Fsp3) is 0.846. The lowest BCUT2D eigenvalue weighted by molar-refractivity contribution is -0.128. The SMILES string of the molecule is CC.CC.CC(C)C.CNC(CCC(=O)NC(CCCNC(N)=O)C(C)=O)C(=O)NC(C)(C)CCO. The summed E-state index contributed by atoms with van der Waals surface area (Å²) >= 11 is 0. The van der Waals surface area contributed by atoms with E-state index in [2.05, 4.69) is 42.0 Å². The summed E-state index contributed by atoms with van der Waals surface area (Å²) in [6.07, 6.45) is 1.63. The van der Waals surface area contributed by atoms with E-state index in [1.807, 2.05) is 41.5 Å². The van der Waals surface area contributed by atoms with E-state index in [0.29, 0.717) is 25.8 Å². The van der Waals surface area contributed by atoms with E-state index in [1.165, 1.54) is 6.92 Å². The molecule has 10 heteroatoms. The monoisotopic (exact) mass is 519 g/mol. The molecule has 0 aromatic rings. The highest BCUT2D eigenvalue weighted by Crippen LogP contribution is 2.09. The minimum absolute atomic E-state index is 0.0404. The Bertz CT molecular complexity index is 580. The third-order valence-electron chi connectivity index (χ3n) is 4.32. The number of ketones is 1. The van der Waals surface area contributed by atoms with Crippen LogP contribution < -0.4 is 27.0 Å². The van der Waals surface area contributed by atoms with E-state index >= 15 is 0 Å². The molecule has 4 amide bonds. The van der Waals surface area contributed by atoms with Gasteiger partial charge in [-0.05, 0) is 59.4 Å². The van der Waals surface area contributed by atoms with Gasteiger partial charge in [0.1, 0.15) is 0 Å². The van der Waals surface area contributed by atoms with Crippen LogP contribution >= 0.6 is 0 Å². The molecular weight excluding hydrogens is 462 g/mol. The zero-order valence-corrected chi connectivity index (χ0v) is 24.8. The molecule has 0 aromatic carbocycles. The molecule has 7 N–H and O–H groups in total. The smallest absolute Gasteiger partial charge is 0.312 e. The maximum atomic E-state index is 12.4. The van der Waals surface area contributed by atoms with Crippen LogP contribution in [0.25, 0.3) is 0 Å². The van der Waals surface area contributed by atoms with Gasteiger partial charge in [0.15, 0.2) is 5.78 Å². The highest BCUT2D eigenvalue weighted by Gasteiger charge is 2.25. The van der Waals surface area contributed by atoms with Crippen LogP contribution in [0.5, 0.6) is 0 Å². The molecule has 2 unspecified atom stereocenters. The van der Waals surface area contributed by atoms with Crippen molar-refractivity contribution in [3.63, 3.8) is 0 Å². The zero-order valence-electron chi connectivity index (χ0n) is 24.8. The Morgan fingerprint density at radius 2 is 1.44 bits per heavy atom. The summed E-state index contributed by atoms with van der Waals surface area (Å²) in [5, 5.41) is 19.9. The lowest BCUT2D eigenvalue weighted by Gasteiger charge is -2.28. The topological polar surface area (TPSA) is 163 Å². The number of rotatable bonds is 14. The van der Waals surface area contributed by atoms with Crippen LogP contribution in [0.3, 0.4) is 0 Å². The molecule has 10 nitrogen and oxygen atoms in total. The summed E-state index contributed by atoms with van der Waals surface area (Å²) < 4.78 is 0. The standard InChI is InChI=1S/C18H35N5O5.C4H10.2C2H6/c1-12(25)13(6-5-10-21-17(19)28)22-15(26)8-7-14(20-4)16(27)23-18(2,3)9-11-24;1-4(2)3;2*1-2/h13-14,20,24H,5-11H2,1-4H3,(H,22,26)(H,23,27)(H3,19,21,28);4H,1-3H3;2*1-2H3. The summed E-state index contributed by atoms with van der Waals surface area (Å²) in [6, 6.07) is -1.85. The van der Waals surface area contributed by atoms with Gasteiger partial charge in [-0.15, -0.1) is 0 Å². The molecule has 0 bridgehead atoms. The number of aliphatic hydroxyl groups excluding tert-OH is 1. The number of nitrogens with two attached hydrogens (primary N) is 1. The minimum atomic E-state index is -0.646. The van der Waals surface area contributed by atoms with Gasteiger partial charge in [0.25, 0.3) is 0 Å². The number of carbonyl (C=O) groups is 4. The number of Topliss-reactive ketones (excluding diaryl/α,β-unsaturated/α-hetero) is 1. The van der Waals surface area contributed by atoms with E-state index in [4.69, 9.17) is 10.8 Å². The van der Waals surface area contributed by atoms with Crippen LogP contribution in [0.1, 0.15) is 101 Å². The van der Waals surface area contributed by atoms with E-state index in [-0.39, 0.29) is 37.0 Å². The van der Waals surface area contributed by atoms with Crippen molar-refractivity contribution in [3.8, 4) is 0 Å². The Hall–Kier alpha value is -2.20. The fourth-order valence-corrected chi connectivity index (χ4v) is 2.61. The number of nitrogens with one attached hydrogen (secondary N) is 4. The predicted octanol–water partition coefficient (Wildman–Crippen LogP) is 2.87. The van der Waals surface area contributed by atoms with Crippen molar-refractivity contribution in [2.75, 3.05) is 20.2 Å². The predicted molar refractivity (Wildman–Crippen MR) is 149 cm³/mol. The first kappa shape index (κ1) is 40.9. The zero-order chi connectivity index (χ0) is 29.3. The number of hydrogen-bond acceptors (Lipinski definition) is 6. The Morgan fingerprint density at radius 1 is 0.944 bits per heavy atom. The highest BCUT2D eigenvalue weighted by molar-refractivity contribution is 5.88. The number of aliphatic hydroxyl groups is 1. The van der Waals surface area contributed by atoms with Crippen LogP contribution in [-0.4, -0.2) is 66.6 Å². The van der Waals surface area contributed by atoms with E-state index in [1.54, 1.807) is 7.05 Å². The summed E-state index contributed by atoms with van der Waals surface area (Å²) in [7, 11) is 1.63. The second-order valence-electron chi connectivity index (χ2n) is 9.12. The molecule has 0 heterocycles. The number of primary amides is 1. The van der Waals surface area contributed by atoms with Crippen molar-refractivity contribution < 1.29 is 24.3 Å². The third kappa shape index (κ3) is 28.0. The quantitative estimate of drug-likeness (QED) is 0.193. The first-order chi connectivity index (χ1) is 16.8. The minimum Gasteiger partial charge on any atom is -0.396 e. The van der Waals surface area contributed by atoms with Gasteiger partial charge in [-0.25, -0.2) is 4.79 Å². The molecule has 0 rings (SSSR count). The van der Waals surface area contributed by atoms with Gasteiger partial charge in [0.2, 0.25) is 11.8 Å². The van der Waals surface area contributed by atoms with E-state index < -0.39 is 23.7 Å². The Balaban J connectivity index is -0.000000564. The lowest BCUT2D eigenvalue weighted by Crippen LogP contribution is -2.52. The molecule has 36 heavy (non-hydrogen) atoms. The van der Waals surface area contributed by atoms with E-state index in [0.717, 1.165) is 5.92 Å². The van der Waals surface area contributed by atoms with Crippen LogP contribution in [0.2, 0.25) is 0 Å². The molecule has 216 valence electrons. The van der Waals surface area contributed by atoms with Crippen molar-refractivity contribution in [2.45, 2.75) is 119 Å². The summed E-state index contributed by atoms with van der Waals surface area (Å²) in [5.74, 6) is 0.0706. The largest absolute Gasteiger partial charge is 0.396 e. The average molecular weight is 520 g/mol. The number of amides is 4. The molecule has 0 aromatic heterocycles. The van der Waals surface area contributed by atoms with Gasteiger partial charge in [0.05, 0.1) is 12.1 Å². The molecule has 0 aliphatic heterocycles. The lowest BCUT2D eigenvalue weighted by atomic mass is 10.00. The average Bonchev–Trinajstić information content (AvgIpc) is 2.77. The van der Waals surface area contributed by atoms with Crippen molar-refractivity contribution in [1.82, 2.24) is 21.3 Å². The maximum Gasteiger partial charge on any atom is 0.312 e. The van der Waals surface area contributed by atoms with Gasteiger partial charge >= 0.3 is 6.03 Å². The van der Waals surface area contributed by atoms with Crippen molar-refractivity contribution >= 4 is 23.6 Å². The van der Waals surface area contributed by atoms with Gasteiger partial charge in [0, 0.05) is 25.1 Å². The second-order valence-corrected chi connectivity index (χ2v) is 9.12. The highest BCUT2D eigenvalue weighted by atomic mass is 16.3. The third-order valence-corrected chi connectivity index (χ3v) is 4.32. The number of hydrogen-bond donors (Lipinski definition) is 6. The molecule has 0 saturated heterocycles. The number of carbonyl (C=O) groups excluding carboxylic acids is 4. The molecule has 0 radical (unpaired) electrons. The second kappa shape index (κ2) is 25.9. The Kier molecular flexibility index (Phi) is 29.4. The normalized spacial score (nSPS) is 11.7. The first-order valence-electron chi connectivity index (χ1n) is 13.2. The summed E-state index contributed by atoms with van der Waals surface area (Å²) in [4.78, 5) is 46.9. The van der Waals surface area contributed by atoms with Gasteiger partial charge in [-0.3, -0.25) is 14.4 Å². The molecule has 0 spiro atoms. The Labute approximate surface area is 220 Å². The molecule has 0 aliphatic rings. The number of likely N-dealkylation sites (N-methyl/N-ethyl adjacent to an activating group) is 1. The van der Waals surface area contributed by atoms with Gasteiger partial charge < -0.3 is 32.1 Å². The van der Waals surface area contributed by atoms with Crippen molar-refractivity contribution in [1.29, 1.82) is 0 Å². The maximum absolute atomic E-state index is 12.4. The first-order valence-corrected chi connectivity index (χ1v) is 13.2. The molecule has 0 fully saturated rings. The molecule has 0 aliphatic carbocycles. The van der Waals surface area contributed by atoms with Gasteiger partial charge in [-0.2, -0.15) is 0 Å². The molecule has 0 saturated carbocycles. The Morgan fingerprint density at radius 3 is 1.83 bits per heavy atom. The molecular formula is C26H57N5O5. The van der Waals surface area contributed by atoms with Crippen LogP contribution in [0, 0.1) is 5.92 Å². The van der Waals surface area contributed by atoms with Crippen molar-refractivity contribution in [3.05, 3.63) is 0 Å². The van der Waals surface area contributed by atoms with Crippen LogP contribution in [-0.2, 0) is 14.4 Å². The summed E-state index contributed by atoms with van der Waals surface area (Å²) in [6.45, 7) is 19.8.